The van der Waals surface area contributed by atoms with Crippen LogP contribution in [0.4, 0.5) is 18.9 Å². The largest absolute Gasteiger partial charge is 0.416 e. The number of quaternary nitrogens is 1. The summed E-state index contributed by atoms with van der Waals surface area (Å²) in [4.78, 5) is 4.46. The van der Waals surface area contributed by atoms with Gasteiger partial charge in [-0.1, -0.05) is 13.0 Å². The van der Waals surface area contributed by atoms with Crippen molar-refractivity contribution in [3.63, 3.8) is 0 Å². The van der Waals surface area contributed by atoms with Crippen molar-refractivity contribution >= 4 is 5.69 Å². The third kappa shape index (κ3) is 6.10. The Labute approximate surface area is 135 Å². The number of aliphatic hydroxyl groups is 1. The van der Waals surface area contributed by atoms with Gasteiger partial charge in [-0.15, -0.1) is 0 Å². The Morgan fingerprint density at radius 3 is 2.17 bits per heavy atom. The van der Waals surface area contributed by atoms with Gasteiger partial charge in [0.25, 0.3) is 0 Å². The molecule has 1 aromatic rings. The Balaban J connectivity index is 0.00000127. The molecule has 0 amide bonds. The van der Waals surface area contributed by atoms with Crippen molar-refractivity contribution in [2.24, 2.45) is 0 Å². The van der Waals surface area contributed by atoms with Crippen molar-refractivity contribution < 1.29 is 24.0 Å². The average molecular weight is 334 g/mol. The van der Waals surface area contributed by atoms with E-state index in [2.05, 4.69) is 22.5 Å². The molecule has 1 aromatic carbocycles. The molecule has 0 atom stereocenters. The van der Waals surface area contributed by atoms with Crippen LogP contribution in [-0.2, 0) is 12.7 Å². The van der Waals surface area contributed by atoms with E-state index in [1.54, 1.807) is 12.1 Å². The van der Waals surface area contributed by atoms with Gasteiger partial charge in [0.15, 0.2) is 0 Å². The van der Waals surface area contributed by atoms with Crippen LogP contribution >= 0.6 is 0 Å². The summed E-state index contributed by atoms with van der Waals surface area (Å²) < 4.78 is 39.3. The maximum absolute atomic E-state index is 13.1. The smallest absolute Gasteiger partial charge is 0.400 e. The van der Waals surface area contributed by atoms with Gasteiger partial charge in [0.05, 0.1) is 5.56 Å². The molecule has 0 saturated carbocycles. The first kappa shape index (κ1) is 19.9. The number of aliphatic hydroxyl groups excluding tert-OH is 1. The van der Waals surface area contributed by atoms with Gasteiger partial charge < -0.3 is 15.7 Å². The summed E-state index contributed by atoms with van der Waals surface area (Å²) in [6, 6.07) is 4.35. The Morgan fingerprint density at radius 1 is 1.09 bits per heavy atom. The minimum Gasteiger partial charge on any atom is -0.400 e. The number of nitrogens with zero attached hydrogens (tertiary/aromatic N) is 2. The number of benzene rings is 1. The van der Waals surface area contributed by atoms with E-state index < -0.39 is 11.7 Å². The highest BCUT2D eigenvalue weighted by Crippen LogP contribution is 2.33. The highest BCUT2D eigenvalue weighted by atomic mass is 19.4. The highest BCUT2D eigenvalue weighted by molar-refractivity contribution is 5.40. The van der Waals surface area contributed by atoms with Gasteiger partial charge in [-0.3, -0.25) is 4.90 Å². The van der Waals surface area contributed by atoms with Crippen LogP contribution in [0.5, 0.6) is 0 Å². The fourth-order valence-corrected chi connectivity index (χ4v) is 2.75. The molecule has 23 heavy (non-hydrogen) atoms. The first-order valence-electron chi connectivity index (χ1n) is 7.81. The van der Waals surface area contributed by atoms with Crippen molar-refractivity contribution in [1.82, 2.24) is 9.80 Å². The quantitative estimate of drug-likeness (QED) is 0.881. The van der Waals surface area contributed by atoms with E-state index in [4.69, 9.17) is 5.11 Å². The third-order valence-electron chi connectivity index (χ3n) is 3.88. The van der Waals surface area contributed by atoms with Gasteiger partial charge in [0.2, 0.25) is 0 Å². The summed E-state index contributed by atoms with van der Waals surface area (Å²) in [5.41, 5.74) is 3.79. The van der Waals surface area contributed by atoms with E-state index in [-0.39, 0.29) is 0 Å². The SMILES string of the molecule is CCCN1CCN(Cc2ccc([NH3+])cc2C(F)(F)F)CC1.CO. The molecule has 1 saturated heterocycles. The molecule has 1 aliphatic rings. The Hall–Kier alpha value is -1.15. The normalized spacial score (nSPS) is 16.8. The molecule has 0 unspecified atom stereocenters. The number of alkyl halides is 3. The molecule has 0 radical (unpaired) electrons. The molecule has 0 bridgehead atoms. The van der Waals surface area contributed by atoms with Crippen LogP contribution in [0.3, 0.4) is 0 Å². The topological polar surface area (TPSA) is 54.4 Å². The minimum atomic E-state index is -4.31. The van der Waals surface area contributed by atoms with Gasteiger partial charge in [-0.25, -0.2) is 0 Å². The van der Waals surface area contributed by atoms with Gasteiger partial charge in [0, 0.05) is 45.9 Å². The van der Waals surface area contributed by atoms with Crippen LogP contribution in [-0.4, -0.2) is 54.7 Å². The molecule has 0 aliphatic carbocycles. The maximum Gasteiger partial charge on any atom is 0.416 e. The van der Waals surface area contributed by atoms with Gasteiger partial charge in [0.1, 0.15) is 5.69 Å². The second-order valence-electron chi connectivity index (χ2n) is 5.61. The molecule has 4 N–H and O–H groups in total. The first-order valence-corrected chi connectivity index (χ1v) is 7.81. The molecule has 1 fully saturated rings. The zero-order valence-electron chi connectivity index (χ0n) is 13.9. The zero-order chi connectivity index (χ0) is 17.5. The van der Waals surface area contributed by atoms with E-state index in [1.165, 1.54) is 0 Å². The lowest BCUT2D eigenvalue weighted by molar-refractivity contribution is -0.255. The predicted molar refractivity (Wildman–Crippen MR) is 84.1 cm³/mol. The van der Waals surface area contributed by atoms with Crippen LogP contribution in [0.15, 0.2) is 18.2 Å². The van der Waals surface area contributed by atoms with Crippen molar-refractivity contribution in [3.8, 4) is 0 Å². The van der Waals surface area contributed by atoms with E-state index in [0.29, 0.717) is 17.8 Å². The van der Waals surface area contributed by atoms with Gasteiger partial charge in [-0.05, 0) is 24.6 Å². The summed E-state index contributed by atoms with van der Waals surface area (Å²) in [5.74, 6) is 0. The fourth-order valence-electron chi connectivity index (χ4n) is 2.75. The summed E-state index contributed by atoms with van der Waals surface area (Å²) in [6.07, 6.45) is -3.20. The number of piperazine rings is 1. The Kier molecular flexibility index (Phi) is 7.98. The molecule has 0 spiro atoms. The molecule has 1 aliphatic heterocycles. The summed E-state index contributed by atoms with van der Waals surface area (Å²) >= 11 is 0. The molecular weight excluding hydrogens is 307 g/mol. The van der Waals surface area contributed by atoms with Crippen molar-refractivity contribution in [3.05, 3.63) is 29.3 Å². The van der Waals surface area contributed by atoms with E-state index in [0.717, 1.165) is 52.3 Å². The second-order valence-corrected chi connectivity index (χ2v) is 5.61. The predicted octanol–water partition coefficient (Wildman–Crippen LogP) is 1.71. The first-order chi connectivity index (χ1) is 10.9. The fraction of sp³-hybridized carbons (Fsp3) is 0.625. The number of rotatable bonds is 4. The van der Waals surface area contributed by atoms with Gasteiger partial charge in [-0.2, -0.15) is 13.2 Å². The Bertz CT molecular complexity index is 472. The van der Waals surface area contributed by atoms with Crippen LogP contribution in [0.1, 0.15) is 24.5 Å². The van der Waals surface area contributed by atoms with Crippen molar-refractivity contribution in [2.45, 2.75) is 26.1 Å². The second kappa shape index (κ2) is 9.22. The summed E-state index contributed by atoms with van der Waals surface area (Å²) in [5, 5.41) is 7.00. The Morgan fingerprint density at radius 2 is 1.65 bits per heavy atom. The molecule has 132 valence electrons. The standard InChI is InChI=1S/C15H22F3N3.CH4O/c1-2-5-20-6-8-21(9-7-20)11-12-3-4-13(19)10-14(12)15(16,17)18;1-2/h3-4,10H,2,5-9,11,19H2,1H3;2H,1H3/p+1. The lowest BCUT2D eigenvalue weighted by atomic mass is 10.1. The van der Waals surface area contributed by atoms with E-state index >= 15 is 0 Å². The van der Waals surface area contributed by atoms with Crippen LogP contribution in [0.2, 0.25) is 0 Å². The van der Waals surface area contributed by atoms with Crippen LogP contribution in [0, 0.1) is 0 Å². The van der Waals surface area contributed by atoms with E-state index in [9.17, 15) is 13.2 Å². The molecule has 1 heterocycles. The summed E-state index contributed by atoms with van der Waals surface area (Å²) in [7, 11) is 1.00. The lowest BCUT2D eigenvalue weighted by Crippen LogP contribution is -2.46. The van der Waals surface area contributed by atoms with Crippen LogP contribution < -0.4 is 5.73 Å². The summed E-state index contributed by atoms with van der Waals surface area (Å²) in [6.45, 7) is 7.08. The minimum absolute atomic E-state index is 0.346. The van der Waals surface area contributed by atoms with Crippen molar-refractivity contribution in [2.75, 3.05) is 39.8 Å². The third-order valence-corrected chi connectivity index (χ3v) is 3.88. The lowest BCUT2D eigenvalue weighted by Gasteiger charge is -2.34. The van der Waals surface area contributed by atoms with Crippen molar-refractivity contribution in [1.29, 1.82) is 0 Å². The number of halogens is 3. The van der Waals surface area contributed by atoms with E-state index in [1.807, 2.05) is 0 Å². The molecule has 0 aromatic heterocycles. The number of hydrogen-bond acceptors (Lipinski definition) is 3. The van der Waals surface area contributed by atoms with Crippen LogP contribution in [0.25, 0.3) is 0 Å². The molecular formula is C16H27F3N3O+. The highest BCUT2D eigenvalue weighted by Gasteiger charge is 2.34. The van der Waals surface area contributed by atoms with Gasteiger partial charge >= 0.3 is 6.18 Å². The average Bonchev–Trinajstić information content (AvgIpc) is 2.52. The molecule has 4 nitrogen and oxygen atoms in total. The maximum atomic E-state index is 13.1. The zero-order valence-corrected chi connectivity index (χ0v) is 13.9. The molecule has 2 rings (SSSR count). The monoisotopic (exact) mass is 334 g/mol. The molecule has 7 heteroatoms. The number of hydrogen-bond donors (Lipinski definition) is 2.